The Morgan fingerprint density at radius 2 is 1.67 bits per heavy atom. The SMILES string of the molecule is O=Cc1cc(-c2ccc(Cl)c(F)c2)ccc1OC(F)(F)F. The first kappa shape index (κ1) is 15.3. The van der Waals surface area contributed by atoms with Gasteiger partial charge in [0, 0.05) is 0 Å². The van der Waals surface area contributed by atoms with E-state index in [9.17, 15) is 22.4 Å². The van der Waals surface area contributed by atoms with Crippen LogP contribution in [-0.4, -0.2) is 12.6 Å². The van der Waals surface area contributed by atoms with Gasteiger partial charge in [0.15, 0.2) is 6.29 Å². The van der Waals surface area contributed by atoms with Crippen LogP contribution in [0.3, 0.4) is 0 Å². The maximum atomic E-state index is 13.4. The second-order valence-corrected chi connectivity index (χ2v) is 4.45. The predicted molar refractivity (Wildman–Crippen MR) is 68.9 cm³/mol. The van der Waals surface area contributed by atoms with Crippen molar-refractivity contribution in [2.45, 2.75) is 6.36 Å². The Morgan fingerprint density at radius 3 is 2.24 bits per heavy atom. The molecule has 7 heteroatoms. The maximum absolute atomic E-state index is 13.4. The van der Waals surface area contributed by atoms with Crippen LogP contribution in [0.25, 0.3) is 11.1 Å². The van der Waals surface area contributed by atoms with Gasteiger partial charge in [-0.15, -0.1) is 13.2 Å². The van der Waals surface area contributed by atoms with Crippen LogP contribution in [0.5, 0.6) is 5.75 Å². The van der Waals surface area contributed by atoms with E-state index in [1.807, 2.05) is 0 Å². The lowest BCUT2D eigenvalue weighted by atomic mass is 10.0. The fourth-order valence-electron chi connectivity index (χ4n) is 1.71. The molecule has 0 saturated carbocycles. The Morgan fingerprint density at radius 1 is 1.05 bits per heavy atom. The molecule has 0 aliphatic carbocycles. The molecule has 0 unspecified atom stereocenters. The lowest BCUT2D eigenvalue weighted by Crippen LogP contribution is -2.18. The molecule has 0 aromatic heterocycles. The van der Waals surface area contributed by atoms with Crippen LogP contribution in [0.2, 0.25) is 5.02 Å². The Kier molecular flexibility index (Phi) is 4.18. The molecule has 0 spiro atoms. The lowest BCUT2D eigenvalue weighted by molar-refractivity contribution is -0.274. The van der Waals surface area contributed by atoms with Crippen LogP contribution in [0, 0.1) is 5.82 Å². The highest BCUT2D eigenvalue weighted by molar-refractivity contribution is 6.30. The molecular formula is C14H7ClF4O2. The summed E-state index contributed by atoms with van der Waals surface area (Å²) < 4.78 is 53.6. The van der Waals surface area contributed by atoms with Crippen LogP contribution in [-0.2, 0) is 0 Å². The summed E-state index contributed by atoms with van der Waals surface area (Å²) in [7, 11) is 0. The van der Waals surface area contributed by atoms with Crippen LogP contribution < -0.4 is 4.74 Å². The van der Waals surface area contributed by atoms with Crippen molar-refractivity contribution in [2.24, 2.45) is 0 Å². The van der Waals surface area contributed by atoms with E-state index in [0.717, 1.165) is 12.1 Å². The second kappa shape index (κ2) is 5.73. The van der Waals surface area contributed by atoms with Crippen molar-refractivity contribution in [1.29, 1.82) is 0 Å². The average molecular weight is 319 g/mol. The minimum atomic E-state index is -4.90. The van der Waals surface area contributed by atoms with Crippen LogP contribution in [0.15, 0.2) is 36.4 Å². The highest BCUT2D eigenvalue weighted by atomic mass is 35.5. The van der Waals surface area contributed by atoms with Gasteiger partial charge in [-0.3, -0.25) is 4.79 Å². The van der Waals surface area contributed by atoms with Crippen molar-refractivity contribution in [3.63, 3.8) is 0 Å². The third-order valence-electron chi connectivity index (χ3n) is 2.62. The zero-order valence-corrected chi connectivity index (χ0v) is 11.0. The third-order valence-corrected chi connectivity index (χ3v) is 2.92. The van der Waals surface area contributed by atoms with Gasteiger partial charge < -0.3 is 4.74 Å². The summed E-state index contributed by atoms with van der Waals surface area (Å²) in [6.45, 7) is 0. The zero-order valence-electron chi connectivity index (χ0n) is 10.2. The zero-order chi connectivity index (χ0) is 15.6. The van der Waals surface area contributed by atoms with E-state index >= 15 is 0 Å². The van der Waals surface area contributed by atoms with E-state index in [0.29, 0.717) is 11.1 Å². The number of halogens is 5. The number of alkyl halides is 3. The number of aldehydes is 1. The fourth-order valence-corrected chi connectivity index (χ4v) is 1.83. The Hall–Kier alpha value is -2.08. The Balaban J connectivity index is 2.43. The quantitative estimate of drug-likeness (QED) is 0.597. The highest BCUT2D eigenvalue weighted by Gasteiger charge is 2.32. The molecule has 2 aromatic carbocycles. The van der Waals surface area contributed by atoms with Gasteiger partial charge in [-0.1, -0.05) is 23.7 Å². The smallest absolute Gasteiger partial charge is 0.405 e. The van der Waals surface area contributed by atoms with Gasteiger partial charge >= 0.3 is 6.36 Å². The van der Waals surface area contributed by atoms with Gasteiger partial charge in [-0.25, -0.2) is 4.39 Å². The second-order valence-electron chi connectivity index (χ2n) is 4.05. The first-order valence-corrected chi connectivity index (χ1v) is 5.98. The van der Waals surface area contributed by atoms with Crippen LogP contribution in [0.4, 0.5) is 17.6 Å². The molecule has 0 atom stereocenters. The molecule has 21 heavy (non-hydrogen) atoms. The molecule has 0 amide bonds. The first-order chi connectivity index (χ1) is 9.80. The van der Waals surface area contributed by atoms with Crippen molar-refractivity contribution in [3.05, 3.63) is 52.8 Å². The molecule has 0 bridgehead atoms. The van der Waals surface area contributed by atoms with Gasteiger partial charge in [0.2, 0.25) is 0 Å². The number of carbonyl (C=O) groups is 1. The molecule has 0 N–H and O–H groups in total. The molecule has 0 aliphatic rings. The molecule has 110 valence electrons. The van der Waals surface area contributed by atoms with Crippen molar-refractivity contribution < 1.29 is 27.1 Å². The highest BCUT2D eigenvalue weighted by Crippen LogP contribution is 2.31. The summed E-state index contributed by atoms with van der Waals surface area (Å²) in [6, 6.07) is 7.38. The summed E-state index contributed by atoms with van der Waals surface area (Å²) >= 11 is 5.55. The minimum absolute atomic E-state index is 0.0774. The molecule has 2 rings (SSSR count). The average Bonchev–Trinajstić information content (AvgIpc) is 2.40. The van der Waals surface area contributed by atoms with Crippen LogP contribution >= 0.6 is 11.6 Å². The van der Waals surface area contributed by atoms with Crippen molar-refractivity contribution >= 4 is 17.9 Å². The standard InChI is InChI=1S/C14H7ClF4O2/c15-11-3-1-9(6-12(11)16)8-2-4-13(10(5-8)7-20)21-14(17,18)19/h1-7H. The first-order valence-electron chi connectivity index (χ1n) is 5.60. The van der Waals surface area contributed by atoms with Crippen molar-refractivity contribution in [3.8, 4) is 16.9 Å². The number of ether oxygens (including phenoxy) is 1. The van der Waals surface area contributed by atoms with Gasteiger partial charge in [0.05, 0.1) is 10.6 Å². The van der Waals surface area contributed by atoms with E-state index in [2.05, 4.69) is 4.74 Å². The van der Waals surface area contributed by atoms with Gasteiger partial charge in [0.25, 0.3) is 0 Å². The minimum Gasteiger partial charge on any atom is -0.405 e. The maximum Gasteiger partial charge on any atom is 0.573 e. The topological polar surface area (TPSA) is 26.3 Å². The number of hydrogen-bond donors (Lipinski definition) is 0. The molecule has 0 radical (unpaired) electrons. The molecule has 2 nitrogen and oxygen atoms in total. The molecule has 2 aromatic rings. The molecule has 0 aliphatic heterocycles. The number of carbonyl (C=O) groups excluding carboxylic acids is 1. The van der Waals surface area contributed by atoms with Crippen molar-refractivity contribution in [1.82, 2.24) is 0 Å². The lowest BCUT2D eigenvalue weighted by Gasteiger charge is -2.12. The molecular weight excluding hydrogens is 312 g/mol. The Bertz CT molecular complexity index is 683. The third kappa shape index (κ3) is 3.72. The van der Waals surface area contributed by atoms with Gasteiger partial charge in [-0.05, 0) is 35.4 Å². The molecule has 0 saturated heterocycles. The summed E-state index contributed by atoms with van der Waals surface area (Å²) in [4.78, 5) is 10.9. The summed E-state index contributed by atoms with van der Waals surface area (Å²) in [6.07, 6.45) is -4.66. The predicted octanol–water partition coefficient (Wildman–Crippen LogP) is 4.86. The van der Waals surface area contributed by atoms with E-state index in [1.54, 1.807) is 0 Å². The summed E-state index contributed by atoms with van der Waals surface area (Å²) in [5.41, 5.74) is 0.445. The summed E-state index contributed by atoms with van der Waals surface area (Å²) in [5.74, 6) is -1.28. The largest absolute Gasteiger partial charge is 0.573 e. The summed E-state index contributed by atoms with van der Waals surface area (Å²) in [5, 5.41) is -0.0774. The molecule has 0 fully saturated rings. The van der Waals surface area contributed by atoms with E-state index in [1.165, 1.54) is 24.3 Å². The van der Waals surface area contributed by atoms with Gasteiger partial charge in [-0.2, -0.15) is 0 Å². The number of rotatable bonds is 3. The van der Waals surface area contributed by atoms with Gasteiger partial charge in [0.1, 0.15) is 11.6 Å². The molecule has 0 heterocycles. The van der Waals surface area contributed by atoms with Crippen molar-refractivity contribution in [2.75, 3.05) is 0 Å². The van der Waals surface area contributed by atoms with E-state index in [-0.39, 0.29) is 16.9 Å². The number of benzene rings is 2. The van der Waals surface area contributed by atoms with Crippen LogP contribution in [0.1, 0.15) is 10.4 Å². The number of hydrogen-bond acceptors (Lipinski definition) is 2. The Labute approximate surface area is 121 Å². The van der Waals surface area contributed by atoms with E-state index in [4.69, 9.17) is 11.6 Å². The van der Waals surface area contributed by atoms with E-state index < -0.39 is 17.9 Å². The monoisotopic (exact) mass is 318 g/mol. The fraction of sp³-hybridized carbons (Fsp3) is 0.0714. The normalized spacial score (nSPS) is 11.3.